The largest absolute Gasteiger partial charge is 0.481 e. The van der Waals surface area contributed by atoms with Gasteiger partial charge >= 0.3 is 5.97 Å². The highest BCUT2D eigenvalue weighted by Gasteiger charge is 2.31. The number of aliphatic carboxylic acids is 1. The maximum Gasteiger partial charge on any atom is 0.303 e. The molecule has 0 radical (unpaired) electrons. The lowest BCUT2D eigenvalue weighted by molar-refractivity contribution is -0.137. The molecule has 0 saturated carbocycles. The molecule has 0 bridgehead atoms. The maximum absolute atomic E-state index is 12.9. The Kier molecular flexibility index (Phi) is 6.75. The summed E-state index contributed by atoms with van der Waals surface area (Å²) in [6.07, 6.45) is 2.39. The number of carbonyl (C=O) groups is 1. The van der Waals surface area contributed by atoms with E-state index in [1.54, 1.807) is 16.4 Å². The molecule has 1 aliphatic heterocycles. The average molecular weight is 416 g/mol. The first-order chi connectivity index (χ1) is 13.8. The molecule has 1 aliphatic rings. The van der Waals surface area contributed by atoms with Gasteiger partial charge in [0.1, 0.15) is 0 Å². The SMILES string of the molecule is Cc1ccc(C(CC(=O)O)CC2CCN(S(=O)(=O)c3ccc(C)cc3)CC2)cc1. The predicted octanol–water partition coefficient (Wildman–Crippen LogP) is 4.35. The van der Waals surface area contributed by atoms with E-state index in [0.717, 1.165) is 36.0 Å². The Morgan fingerprint density at radius 2 is 1.52 bits per heavy atom. The van der Waals surface area contributed by atoms with Gasteiger partial charge in [-0.3, -0.25) is 4.79 Å². The Hall–Kier alpha value is -2.18. The molecule has 3 rings (SSSR count). The van der Waals surface area contributed by atoms with Crippen LogP contribution in [0.4, 0.5) is 0 Å². The summed E-state index contributed by atoms with van der Waals surface area (Å²) in [5, 5.41) is 9.34. The summed E-state index contributed by atoms with van der Waals surface area (Å²) in [6.45, 7) is 4.91. The molecule has 1 saturated heterocycles. The van der Waals surface area contributed by atoms with Gasteiger partial charge in [0, 0.05) is 13.1 Å². The molecule has 5 nitrogen and oxygen atoms in total. The van der Waals surface area contributed by atoms with Crippen molar-refractivity contribution in [3.8, 4) is 0 Å². The van der Waals surface area contributed by atoms with Crippen LogP contribution in [0.1, 0.15) is 48.3 Å². The number of hydrogen-bond donors (Lipinski definition) is 1. The standard InChI is InChI=1S/C23H29NO4S/c1-17-3-7-20(8-4-17)21(16-23(25)26)15-19-11-13-24(14-12-19)29(27,28)22-9-5-18(2)6-10-22/h3-10,19,21H,11-16H2,1-2H3,(H,25,26). The van der Waals surface area contributed by atoms with Gasteiger partial charge in [-0.25, -0.2) is 8.42 Å². The van der Waals surface area contributed by atoms with Crippen molar-refractivity contribution in [2.75, 3.05) is 13.1 Å². The number of rotatable bonds is 7. The van der Waals surface area contributed by atoms with Crippen LogP contribution in [0.3, 0.4) is 0 Å². The van der Waals surface area contributed by atoms with Gasteiger partial charge in [0.25, 0.3) is 0 Å². The van der Waals surface area contributed by atoms with Gasteiger partial charge in [-0.15, -0.1) is 0 Å². The lowest BCUT2D eigenvalue weighted by atomic mass is 9.82. The van der Waals surface area contributed by atoms with E-state index >= 15 is 0 Å². The lowest BCUT2D eigenvalue weighted by Gasteiger charge is -2.33. The average Bonchev–Trinajstić information content (AvgIpc) is 2.68. The monoisotopic (exact) mass is 415 g/mol. The van der Waals surface area contributed by atoms with Crippen LogP contribution in [0.15, 0.2) is 53.4 Å². The third-order valence-electron chi connectivity index (χ3n) is 5.82. The smallest absolute Gasteiger partial charge is 0.303 e. The molecule has 0 spiro atoms. The molecule has 156 valence electrons. The van der Waals surface area contributed by atoms with Crippen LogP contribution in [0.25, 0.3) is 0 Å². The van der Waals surface area contributed by atoms with Gasteiger partial charge < -0.3 is 5.11 Å². The van der Waals surface area contributed by atoms with Crippen molar-refractivity contribution >= 4 is 16.0 Å². The van der Waals surface area contributed by atoms with Crippen LogP contribution in [0, 0.1) is 19.8 Å². The Morgan fingerprint density at radius 1 is 1.00 bits per heavy atom. The molecule has 1 fully saturated rings. The first-order valence-electron chi connectivity index (χ1n) is 10.1. The van der Waals surface area contributed by atoms with Crippen molar-refractivity contribution in [3.05, 3.63) is 65.2 Å². The highest BCUT2D eigenvalue weighted by molar-refractivity contribution is 7.89. The van der Waals surface area contributed by atoms with Crippen molar-refractivity contribution in [1.29, 1.82) is 0 Å². The number of piperidine rings is 1. The summed E-state index contributed by atoms with van der Waals surface area (Å²) >= 11 is 0. The van der Waals surface area contributed by atoms with Gasteiger partial charge in [0.15, 0.2) is 0 Å². The molecule has 2 aromatic rings. The van der Waals surface area contributed by atoms with Crippen LogP contribution < -0.4 is 0 Å². The van der Waals surface area contributed by atoms with Gasteiger partial charge in [-0.1, -0.05) is 47.5 Å². The second-order valence-corrected chi connectivity index (χ2v) is 10.0. The van der Waals surface area contributed by atoms with Crippen molar-refractivity contribution in [1.82, 2.24) is 4.31 Å². The third kappa shape index (κ3) is 5.46. The summed E-state index contributed by atoms with van der Waals surface area (Å²) in [5.74, 6) is -0.515. The minimum Gasteiger partial charge on any atom is -0.481 e. The zero-order valence-corrected chi connectivity index (χ0v) is 17.9. The van der Waals surface area contributed by atoms with Crippen LogP contribution in [-0.2, 0) is 14.8 Å². The molecule has 0 amide bonds. The van der Waals surface area contributed by atoms with Crippen molar-refractivity contribution in [2.24, 2.45) is 5.92 Å². The molecule has 2 aromatic carbocycles. The highest BCUT2D eigenvalue weighted by atomic mass is 32.2. The highest BCUT2D eigenvalue weighted by Crippen LogP contribution is 2.33. The molecule has 6 heteroatoms. The van der Waals surface area contributed by atoms with E-state index in [2.05, 4.69) is 0 Å². The minimum atomic E-state index is -3.47. The van der Waals surface area contributed by atoms with Crippen LogP contribution in [0.5, 0.6) is 0 Å². The van der Waals surface area contributed by atoms with Gasteiger partial charge in [0.2, 0.25) is 10.0 Å². The quantitative estimate of drug-likeness (QED) is 0.729. The lowest BCUT2D eigenvalue weighted by Crippen LogP contribution is -2.38. The molecule has 0 aliphatic carbocycles. The fourth-order valence-corrected chi connectivity index (χ4v) is 5.50. The zero-order chi connectivity index (χ0) is 21.0. The minimum absolute atomic E-state index is 0.0432. The van der Waals surface area contributed by atoms with Crippen molar-refractivity contribution in [3.63, 3.8) is 0 Å². The van der Waals surface area contributed by atoms with Crippen molar-refractivity contribution in [2.45, 2.75) is 50.3 Å². The van der Waals surface area contributed by atoms with Gasteiger partial charge in [0.05, 0.1) is 11.3 Å². The van der Waals surface area contributed by atoms with E-state index in [0.29, 0.717) is 23.9 Å². The Labute approximate surface area is 173 Å². The molecule has 1 N–H and O–H groups in total. The van der Waals surface area contributed by atoms with E-state index in [-0.39, 0.29) is 12.3 Å². The number of hydrogen-bond acceptors (Lipinski definition) is 3. The molecular formula is C23H29NO4S. The summed E-state index contributed by atoms with van der Waals surface area (Å²) < 4.78 is 27.3. The molecule has 29 heavy (non-hydrogen) atoms. The second kappa shape index (κ2) is 9.09. The van der Waals surface area contributed by atoms with E-state index in [1.807, 2.05) is 50.2 Å². The Balaban J connectivity index is 1.65. The number of aryl methyl sites for hydroxylation is 2. The summed E-state index contributed by atoms with van der Waals surface area (Å²) in [4.78, 5) is 11.7. The second-order valence-electron chi connectivity index (χ2n) is 8.10. The van der Waals surface area contributed by atoms with Crippen LogP contribution in [0.2, 0.25) is 0 Å². The topological polar surface area (TPSA) is 74.7 Å². The normalized spacial score (nSPS) is 17.2. The van der Waals surface area contributed by atoms with Crippen molar-refractivity contribution < 1.29 is 18.3 Å². The van der Waals surface area contributed by atoms with Crippen LogP contribution >= 0.6 is 0 Å². The van der Waals surface area contributed by atoms with Crippen LogP contribution in [-0.4, -0.2) is 36.9 Å². The third-order valence-corrected chi connectivity index (χ3v) is 7.73. The first kappa shape index (κ1) is 21.5. The molecule has 0 aromatic heterocycles. The molecule has 1 atom stereocenters. The summed E-state index contributed by atoms with van der Waals surface area (Å²) in [6, 6.07) is 15.0. The van der Waals surface area contributed by atoms with E-state index < -0.39 is 16.0 Å². The van der Waals surface area contributed by atoms with E-state index in [4.69, 9.17) is 0 Å². The molecule has 1 heterocycles. The van der Waals surface area contributed by atoms with E-state index in [9.17, 15) is 18.3 Å². The first-order valence-corrected chi connectivity index (χ1v) is 11.5. The number of carboxylic acids is 1. The number of nitrogens with zero attached hydrogens (tertiary/aromatic N) is 1. The van der Waals surface area contributed by atoms with Gasteiger partial charge in [-0.05, 0) is 62.6 Å². The van der Waals surface area contributed by atoms with E-state index in [1.165, 1.54) is 0 Å². The number of carboxylic acid groups (broad SMARTS) is 1. The van der Waals surface area contributed by atoms with Gasteiger partial charge in [-0.2, -0.15) is 4.31 Å². The fraction of sp³-hybridized carbons (Fsp3) is 0.435. The fourth-order valence-electron chi connectivity index (χ4n) is 4.03. The molecular weight excluding hydrogens is 386 g/mol. The number of benzene rings is 2. The zero-order valence-electron chi connectivity index (χ0n) is 17.0. The summed E-state index contributed by atoms with van der Waals surface area (Å²) in [5.41, 5.74) is 3.23. The Bertz CT molecular complexity index is 928. The molecule has 1 unspecified atom stereocenters. The maximum atomic E-state index is 12.9. The Morgan fingerprint density at radius 3 is 2.03 bits per heavy atom. The predicted molar refractivity (Wildman–Crippen MR) is 113 cm³/mol. The number of sulfonamides is 1. The summed E-state index contributed by atoms with van der Waals surface area (Å²) in [7, 11) is -3.47.